The van der Waals surface area contributed by atoms with E-state index in [1.807, 2.05) is 0 Å². The molecule has 0 unspecified atom stereocenters. The molecule has 2 aliphatic heterocycles. The highest BCUT2D eigenvalue weighted by atomic mass is 79.9. The number of benzene rings is 3. The van der Waals surface area contributed by atoms with Gasteiger partial charge in [0, 0.05) is 90.2 Å². The maximum absolute atomic E-state index is 14.0. The van der Waals surface area contributed by atoms with Crippen LogP contribution in [0.5, 0.6) is 0 Å². The number of aliphatic imine (C=N–C) groups is 2. The lowest BCUT2D eigenvalue weighted by Gasteiger charge is -2.32. The summed E-state index contributed by atoms with van der Waals surface area (Å²) < 4.78 is 41.0. The van der Waals surface area contributed by atoms with Crippen molar-refractivity contribution in [2.24, 2.45) is 50.7 Å². The molecule has 0 radical (unpaired) electrons. The van der Waals surface area contributed by atoms with Gasteiger partial charge < -0.3 is 43.4 Å². The van der Waals surface area contributed by atoms with Gasteiger partial charge in [-0.25, -0.2) is 0 Å². The molecule has 0 aromatic heterocycles. The second-order valence-electron chi connectivity index (χ2n) is 21.9. The number of ketones is 4. The summed E-state index contributed by atoms with van der Waals surface area (Å²) in [5, 5.41) is 5.73. The summed E-state index contributed by atoms with van der Waals surface area (Å²) in [6.07, 6.45) is 6.45. The fourth-order valence-corrected chi connectivity index (χ4v) is 11.8. The maximum atomic E-state index is 14.0. The average Bonchev–Trinajstić information content (AvgIpc) is 4.31. The van der Waals surface area contributed by atoms with E-state index in [4.69, 9.17) is 22.9 Å². The number of hydrogen-bond acceptors (Lipinski definition) is 10. The molecular formula is C61H81Br2F3N10O8. The number of alkyl halides is 3. The Hall–Kier alpha value is -6.49. The third-order valence-electron chi connectivity index (χ3n) is 15.8. The normalized spacial score (nSPS) is 17.6. The first-order chi connectivity index (χ1) is 40.0. The van der Waals surface area contributed by atoms with E-state index < -0.39 is 59.6 Å². The fourth-order valence-electron chi connectivity index (χ4n) is 11.2. The van der Waals surface area contributed by atoms with Crippen LogP contribution in [0, 0.1) is 17.8 Å². The molecule has 3 aromatic carbocycles. The van der Waals surface area contributed by atoms with Crippen molar-refractivity contribution in [1.82, 2.24) is 20.4 Å². The highest BCUT2D eigenvalue weighted by Gasteiger charge is 2.41. The van der Waals surface area contributed by atoms with Crippen molar-refractivity contribution in [1.29, 1.82) is 0 Å². The number of Topliss-reactive ketones (excluding diaryl/α,β-unsaturated/α-hetero) is 4. The number of guanidine groups is 2. The van der Waals surface area contributed by atoms with Crippen LogP contribution < -0.4 is 33.6 Å². The van der Waals surface area contributed by atoms with E-state index in [2.05, 4.69) is 52.5 Å². The lowest BCUT2D eigenvalue weighted by atomic mass is 9.84. The van der Waals surface area contributed by atoms with Crippen LogP contribution in [0.2, 0.25) is 0 Å². The molecule has 18 nitrogen and oxygen atoms in total. The summed E-state index contributed by atoms with van der Waals surface area (Å²) in [5.41, 5.74) is 21.9. The summed E-state index contributed by atoms with van der Waals surface area (Å²) in [5.74, 6) is -2.58. The summed E-state index contributed by atoms with van der Waals surface area (Å²) in [7, 11) is 0. The molecule has 2 heterocycles. The van der Waals surface area contributed by atoms with Gasteiger partial charge >= 0.3 is 6.18 Å². The number of nitrogens with two attached hydrogens (primary N) is 4. The lowest BCUT2D eigenvalue weighted by Crippen LogP contribution is -2.52. The Morgan fingerprint density at radius 1 is 0.583 bits per heavy atom. The van der Waals surface area contributed by atoms with Gasteiger partial charge in [-0.3, -0.25) is 48.3 Å². The Balaban J connectivity index is 0.000000309. The minimum absolute atomic E-state index is 0.00422. The topological polar surface area (TPSA) is 296 Å². The van der Waals surface area contributed by atoms with Crippen molar-refractivity contribution in [2.75, 3.05) is 26.2 Å². The van der Waals surface area contributed by atoms with Crippen molar-refractivity contribution in [3.63, 3.8) is 0 Å². The van der Waals surface area contributed by atoms with Gasteiger partial charge in [0.1, 0.15) is 23.7 Å². The Bertz CT molecular complexity index is 2770. The number of carbonyl (C=O) groups excluding carboxylic acids is 8. The molecule has 84 heavy (non-hydrogen) atoms. The minimum Gasteiger partial charge on any atom is -0.370 e. The predicted octanol–water partition coefficient (Wildman–Crippen LogP) is 8.53. The number of halogens is 5. The molecule has 3 aromatic rings. The second-order valence-corrected chi connectivity index (χ2v) is 23.7. The van der Waals surface area contributed by atoms with Crippen LogP contribution >= 0.6 is 31.9 Å². The second kappa shape index (κ2) is 33.9. The zero-order chi connectivity index (χ0) is 61.5. The van der Waals surface area contributed by atoms with Crippen molar-refractivity contribution in [3.05, 3.63) is 104 Å². The molecule has 6 atom stereocenters. The van der Waals surface area contributed by atoms with Crippen LogP contribution in [-0.2, 0) is 41.4 Å². The van der Waals surface area contributed by atoms with E-state index in [1.165, 1.54) is 23.5 Å². The quantitative estimate of drug-likeness (QED) is 0.0226. The smallest absolute Gasteiger partial charge is 0.370 e. The Morgan fingerprint density at radius 3 is 1.40 bits per heavy atom. The monoisotopic (exact) mass is 1300 g/mol. The summed E-state index contributed by atoms with van der Waals surface area (Å²) >= 11 is 6.70. The van der Waals surface area contributed by atoms with Gasteiger partial charge in [0.2, 0.25) is 11.8 Å². The highest BCUT2D eigenvalue weighted by molar-refractivity contribution is 9.10. The van der Waals surface area contributed by atoms with Crippen LogP contribution in [0.1, 0.15) is 161 Å². The van der Waals surface area contributed by atoms with Gasteiger partial charge in [-0.2, -0.15) is 13.2 Å². The molecule has 458 valence electrons. The van der Waals surface area contributed by atoms with E-state index in [-0.39, 0.29) is 84.7 Å². The number of amides is 4. The van der Waals surface area contributed by atoms with Crippen molar-refractivity contribution < 1.29 is 51.5 Å². The molecule has 2 saturated heterocycles. The van der Waals surface area contributed by atoms with E-state index >= 15 is 0 Å². The molecule has 0 spiro atoms. The minimum atomic E-state index is -4.52. The highest BCUT2D eigenvalue weighted by Crippen LogP contribution is 2.32. The number of carbonyl (C=O) groups is 8. The predicted molar refractivity (Wildman–Crippen MR) is 323 cm³/mol. The zero-order valence-corrected chi connectivity index (χ0v) is 51.2. The number of likely N-dealkylation sites (tertiary alicyclic amines) is 2. The van der Waals surface area contributed by atoms with Crippen molar-refractivity contribution >= 4 is 90.5 Å². The van der Waals surface area contributed by atoms with Crippen molar-refractivity contribution in [2.45, 2.75) is 166 Å². The summed E-state index contributed by atoms with van der Waals surface area (Å²) in [6.45, 7) is 4.98. The average molecular weight is 1300 g/mol. The Morgan fingerprint density at radius 2 is 1.00 bits per heavy atom. The van der Waals surface area contributed by atoms with Gasteiger partial charge in [0.15, 0.2) is 23.5 Å². The Kier molecular flexibility index (Phi) is 27.5. The Labute approximate surface area is 507 Å². The SMILES string of the molecule is CCC(=O)[C@H](CCCN=C(N)N)CC(=O)[C@@H]1CCCN1C(=O)[C@H](CC1CCCCC1)NC(=O)c1ccc(Br)cc1.CCC(=O)[C@H](CCCN=C(N)N)CC(=O)[C@@H]1CCCN1C(=O)[C@H](Cc1ccc(C(F)(F)F)cc1)NC(=O)c1ccc(Br)cc1. The standard InChI is InChI=1S/C31H37BrF3N5O4.C30H44BrN5O4/c1-2-26(41)21(5-3-15-38-30(36)37)18-27(42)25-6-4-16-40(25)29(44)24(39-28(43)20-9-13-23(32)14-10-20)17-19-7-11-22(12-8-19)31(33,34)35;1-2-26(37)22(10-6-16-34-30(32)33)19-27(38)25-11-7-17-36(25)29(40)24(18-20-8-4-3-5-9-20)35-28(39)21-12-14-23(31)15-13-21/h7-14,21,24-25H,2-6,15-18H2,1H3,(H,39,43)(H4,36,37,38);12-15,20,22,24-25H,2-11,16-19H2,1H3,(H,35,39)(H4,32,33,34)/t21-,24+,25+;22-,24+,25+/m11/s1. The van der Waals surface area contributed by atoms with Crippen LogP contribution in [0.15, 0.2) is 91.7 Å². The third kappa shape index (κ3) is 21.5. The van der Waals surface area contributed by atoms with E-state index in [0.29, 0.717) is 94.5 Å². The number of hydrogen-bond donors (Lipinski definition) is 6. The summed E-state index contributed by atoms with van der Waals surface area (Å²) in [6, 6.07) is 14.7. The van der Waals surface area contributed by atoms with E-state index in [9.17, 15) is 51.5 Å². The van der Waals surface area contributed by atoms with Crippen LogP contribution in [-0.4, -0.2) is 119 Å². The van der Waals surface area contributed by atoms with E-state index in [0.717, 1.165) is 53.2 Å². The molecule has 23 heteroatoms. The first kappa shape index (κ1) is 68.3. The molecule has 1 aliphatic carbocycles. The molecule has 0 bridgehead atoms. The van der Waals surface area contributed by atoms with Gasteiger partial charge in [-0.05, 0) is 130 Å². The number of rotatable bonds is 28. The van der Waals surface area contributed by atoms with Crippen LogP contribution in [0.3, 0.4) is 0 Å². The molecule has 10 N–H and O–H groups in total. The first-order valence-electron chi connectivity index (χ1n) is 29.1. The zero-order valence-electron chi connectivity index (χ0n) is 48.0. The largest absolute Gasteiger partial charge is 0.416 e. The molecule has 3 fully saturated rings. The lowest BCUT2D eigenvalue weighted by molar-refractivity contribution is -0.140. The molecule has 1 saturated carbocycles. The fraction of sp³-hybridized carbons (Fsp3) is 0.541. The maximum Gasteiger partial charge on any atom is 0.416 e. The third-order valence-corrected chi connectivity index (χ3v) is 16.8. The first-order valence-corrected chi connectivity index (χ1v) is 30.7. The molecule has 3 aliphatic rings. The molecular weight excluding hydrogens is 1220 g/mol. The van der Waals surface area contributed by atoms with Crippen LogP contribution in [0.25, 0.3) is 0 Å². The molecule has 4 amide bonds. The molecule has 6 rings (SSSR count). The van der Waals surface area contributed by atoms with Crippen LogP contribution in [0.4, 0.5) is 13.2 Å². The number of nitrogens with zero attached hydrogens (tertiary/aromatic N) is 4. The van der Waals surface area contributed by atoms with Gasteiger partial charge in [0.25, 0.3) is 11.8 Å². The van der Waals surface area contributed by atoms with Gasteiger partial charge in [-0.15, -0.1) is 0 Å². The van der Waals surface area contributed by atoms with Gasteiger partial charge in [0.05, 0.1) is 17.6 Å². The van der Waals surface area contributed by atoms with E-state index in [1.54, 1.807) is 67.3 Å². The summed E-state index contributed by atoms with van der Waals surface area (Å²) in [4.78, 5) is 117. The van der Waals surface area contributed by atoms with Crippen molar-refractivity contribution in [3.8, 4) is 0 Å². The number of nitrogens with one attached hydrogen (secondary N) is 2. The van der Waals surface area contributed by atoms with Gasteiger partial charge in [-0.1, -0.05) is 89.9 Å².